The van der Waals surface area contributed by atoms with Gasteiger partial charge in [-0.2, -0.15) is 0 Å². The Morgan fingerprint density at radius 3 is 2.32 bits per heavy atom. The minimum absolute atomic E-state index is 0.0690. The molecule has 0 atom stereocenters. The highest BCUT2D eigenvalue weighted by Crippen LogP contribution is 2.39. The molecule has 2 heteroatoms. The Kier molecular flexibility index (Phi) is 8.33. The van der Waals surface area contributed by atoms with Crippen LogP contribution in [0.4, 0.5) is 5.69 Å². The van der Waals surface area contributed by atoms with Gasteiger partial charge in [-0.15, -0.1) is 0 Å². The van der Waals surface area contributed by atoms with Crippen LogP contribution >= 0.6 is 0 Å². The highest BCUT2D eigenvalue weighted by molar-refractivity contribution is 5.78. The Hall–Kier alpha value is -2.74. The summed E-state index contributed by atoms with van der Waals surface area (Å²) in [6.07, 6.45) is 9.04. The maximum Gasteiger partial charge on any atom is 0.126 e. The van der Waals surface area contributed by atoms with Gasteiger partial charge in [0.15, 0.2) is 0 Å². The van der Waals surface area contributed by atoms with Gasteiger partial charge < -0.3 is 9.64 Å². The van der Waals surface area contributed by atoms with Crippen LogP contribution in [0.5, 0.6) is 5.75 Å². The third-order valence-electron chi connectivity index (χ3n) is 5.64. The second-order valence-corrected chi connectivity index (χ2v) is 9.18. The summed E-state index contributed by atoms with van der Waals surface area (Å²) < 4.78 is 5.79. The quantitative estimate of drug-likeness (QED) is 0.401. The van der Waals surface area contributed by atoms with Gasteiger partial charge in [0.1, 0.15) is 5.75 Å². The van der Waals surface area contributed by atoms with Gasteiger partial charge in [-0.3, -0.25) is 0 Å². The third-order valence-corrected chi connectivity index (χ3v) is 5.64. The smallest absolute Gasteiger partial charge is 0.126 e. The summed E-state index contributed by atoms with van der Waals surface area (Å²) in [5.74, 6) is 1.30. The number of hydrogen-bond acceptors (Lipinski definition) is 2. The monoisotopic (exact) mass is 417 g/mol. The van der Waals surface area contributed by atoms with Crippen LogP contribution in [0.2, 0.25) is 0 Å². The summed E-state index contributed by atoms with van der Waals surface area (Å²) in [6, 6.07) is 13.3. The molecule has 2 rings (SSSR count). The van der Waals surface area contributed by atoms with E-state index in [9.17, 15) is 0 Å². The Balaban J connectivity index is 2.77. The minimum Gasteiger partial charge on any atom is -0.496 e. The topological polar surface area (TPSA) is 12.5 Å². The Morgan fingerprint density at radius 2 is 1.81 bits per heavy atom. The summed E-state index contributed by atoms with van der Waals surface area (Å²) in [4.78, 5) is 2.26. The second kappa shape index (κ2) is 10.5. The first-order valence-corrected chi connectivity index (χ1v) is 11.2. The summed E-state index contributed by atoms with van der Waals surface area (Å²) >= 11 is 0. The van der Waals surface area contributed by atoms with Gasteiger partial charge in [-0.1, -0.05) is 72.4 Å². The van der Waals surface area contributed by atoms with E-state index in [0.29, 0.717) is 5.92 Å². The lowest BCUT2D eigenvalue weighted by Gasteiger charge is -2.28. The summed E-state index contributed by atoms with van der Waals surface area (Å²) in [7, 11) is 1.75. The predicted molar refractivity (Wildman–Crippen MR) is 137 cm³/mol. The molecule has 31 heavy (non-hydrogen) atoms. The number of rotatable bonds is 8. The molecule has 0 saturated heterocycles. The lowest BCUT2D eigenvalue weighted by atomic mass is 9.84. The summed E-state index contributed by atoms with van der Waals surface area (Å²) in [5.41, 5.74) is 7.44. The molecule has 2 nitrogen and oxygen atoms in total. The maximum atomic E-state index is 5.79. The largest absolute Gasteiger partial charge is 0.496 e. The van der Waals surface area contributed by atoms with Crippen molar-refractivity contribution in [2.45, 2.75) is 60.3 Å². The predicted octanol–water partition coefficient (Wildman–Crippen LogP) is 8.29. The standard InChI is InChI=1S/C29H39NO/c1-10-13-18-30(27(12-3)21(4)5)24-16-14-22(11-2)25(20-24)26-19-23(29(6,7)8)15-17-28(26)31-9/h10,12-21H,1,11H2,2-9H3/b18-13-,27-12-. The lowest BCUT2D eigenvalue weighted by Crippen LogP contribution is -2.19. The number of benzene rings is 2. The van der Waals surface area contributed by atoms with Gasteiger partial charge in [0.25, 0.3) is 0 Å². The van der Waals surface area contributed by atoms with Gasteiger partial charge in [0.05, 0.1) is 7.11 Å². The third kappa shape index (κ3) is 5.70. The van der Waals surface area contributed by atoms with E-state index in [1.807, 2.05) is 12.2 Å². The molecule has 0 bridgehead atoms. The van der Waals surface area contributed by atoms with Crippen LogP contribution in [0.25, 0.3) is 11.1 Å². The van der Waals surface area contributed by atoms with E-state index in [-0.39, 0.29) is 5.41 Å². The second-order valence-electron chi connectivity index (χ2n) is 9.18. The van der Waals surface area contributed by atoms with E-state index in [4.69, 9.17) is 4.74 Å². The molecule has 0 heterocycles. The van der Waals surface area contributed by atoms with E-state index < -0.39 is 0 Å². The molecule has 166 valence electrons. The van der Waals surface area contributed by atoms with Crippen molar-refractivity contribution >= 4 is 5.69 Å². The van der Waals surface area contributed by atoms with Crippen molar-refractivity contribution < 1.29 is 4.74 Å². The fourth-order valence-electron chi connectivity index (χ4n) is 3.88. The van der Waals surface area contributed by atoms with Crippen molar-refractivity contribution in [1.82, 2.24) is 0 Å². The molecular formula is C29H39NO. The van der Waals surface area contributed by atoms with E-state index in [2.05, 4.69) is 109 Å². The van der Waals surface area contributed by atoms with Crippen LogP contribution in [0.1, 0.15) is 59.6 Å². The number of allylic oxidation sites excluding steroid dienone is 4. The Labute approximate surface area is 189 Å². The van der Waals surface area contributed by atoms with Crippen molar-refractivity contribution in [1.29, 1.82) is 0 Å². The lowest BCUT2D eigenvalue weighted by molar-refractivity contribution is 0.416. The number of methoxy groups -OCH3 is 1. The summed E-state index contributed by atoms with van der Waals surface area (Å²) in [6.45, 7) is 19.4. The highest BCUT2D eigenvalue weighted by Gasteiger charge is 2.20. The van der Waals surface area contributed by atoms with E-state index in [1.54, 1.807) is 7.11 Å². The molecule has 0 aliphatic carbocycles. The Bertz CT molecular complexity index is 957. The molecule has 0 unspecified atom stereocenters. The van der Waals surface area contributed by atoms with Gasteiger partial charge >= 0.3 is 0 Å². The normalized spacial score (nSPS) is 12.5. The zero-order valence-corrected chi connectivity index (χ0v) is 20.6. The molecule has 0 aromatic heterocycles. The minimum atomic E-state index is 0.0690. The number of anilines is 1. The molecule has 0 amide bonds. The van der Waals surface area contributed by atoms with Crippen LogP contribution < -0.4 is 9.64 Å². The van der Waals surface area contributed by atoms with Gasteiger partial charge in [-0.25, -0.2) is 0 Å². The van der Waals surface area contributed by atoms with Crippen LogP contribution in [0.15, 0.2) is 73.1 Å². The van der Waals surface area contributed by atoms with Crippen molar-refractivity contribution in [3.05, 3.63) is 84.2 Å². The van der Waals surface area contributed by atoms with E-state index >= 15 is 0 Å². The van der Waals surface area contributed by atoms with Gasteiger partial charge in [-0.05, 0) is 71.7 Å². The first-order chi connectivity index (χ1) is 14.7. The zero-order valence-electron chi connectivity index (χ0n) is 20.6. The fourth-order valence-corrected chi connectivity index (χ4v) is 3.88. The maximum absolute atomic E-state index is 5.79. The van der Waals surface area contributed by atoms with Crippen LogP contribution in [0, 0.1) is 5.92 Å². The van der Waals surface area contributed by atoms with Crippen molar-refractivity contribution in [2.75, 3.05) is 12.0 Å². The van der Waals surface area contributed by atoms with E-state index in [1.165, 1.54) is 22.4 Å². The van der Waals surface area contributed by atoms with Gasteiger partial charge in [0.2, 0.25) is 0 Å². The fraction of sp³-hybridized carbons (Fsp3) is 0.379. The van der Waals surface area contributed by atoms with Crippen molar-refractivity contribution in [3.8, 4) is 16.9 Å². The van der Waals surface area contributed by atoms with Crippen molar-refractivity contribution in [3.63, 3.8) is 0 Å². The molecule has 0 spiro atoms. The summed E-state index contributed by atoms with van der Waals surface area (Å²) in [5, 5.41) is 0. The molecule has 0 N–H and O–H groups in total. The molecule has 2 aromatic rings. The first kappa shape index (κ1) is 24.5. The van der Waals surface area contributed by atoms with Crippen LogP contribution in [-0.2, 0) is 11.8 Å². The molecule has 0 saturated carbocycles. The molecular weight excluding hydrogens is 378 g/mol. The SMILES string of the molecule is C=C/C=C\N(/C(=C\C)C(C)C)c1ccc(CC)c(-c2cc(C(C)(C)C)ccc2OC)c1. The average Bonchev–Trinajstić information content (AvgIpc) is 2.74. The average molecular weight is 418 g/mol. The molecule has 0 aliphatic rings. The number of ether oxygens (including phenoxy) is 1. The Morgan fingerprint density at radius 1 is 1.10 bits per heavy atom. The molecule has 2 aromatic carbocycles. The molecule has 0 aliphatic heterocycles. The van der Waals surface area contributed by atoms with Crippen molar-refractivity contribution in [2.24, 2.45) is 5.92 Å². The van der Waals surface area contributed by atoms with E-state index in [0.717, 1.165) is 23.4 Å². The first-order valence-electron chi connectivity index (χ1n) is 11.2. The number of nitrogens with zero attached hydrogens (tertiary/aromatic N) is 1. The van der Waals surface area contributed by atoms with Crippen LogP contribution in [0.3, 0.4) is 0 Å². The number of aryl methyl sites for hydroxylation is 1. The van der Waals surface area contributed by atoms with Gasteiger partial charge in [0, 0.05) is 23.1 Å². The number of hydrogen-bond donors (Lipinski definition) is 0. The van der Waals surface area contributed by atoms with Crippen LogP contribution in [-0.4, -0.2) is 7.11 Å². The zero-order chi connectivity index (χ0) is 23.2. The highest BCUT2D eigenvalue weighted by atomic mass is 16.5. The molecule has 0 radical (unpaired) electrons. The molecule has 0 fully saturated rings.